The highest BCUT2D eigenvalue weighted by atomic mass is 16.5. The summed E-state index contributed by atoms with van der Waals surface area (Å²) in [5.74, 6) is 1.43. The Labute approximate surface area is 186 Å². The Bertz CT molecular complexity index is 1100. The molecule has 0 unspecified atom stereocenters. The van der Waals surface area contributed by atoms with Crippen molar-refractivity contribution in [2.45, 2.75) is 24.9 Å². The number of methoxy groups -OCH3 is 1. The van der Waals surface area contributed by atoms with Crippen LogP contribution in [-0.2, 0) is 4.74 Å². The van der Waals surface area contributed by atoms with Gasteiger partial charge in [-0.05, 0) is 37.6 Å². The lowest BCUT2D eigenvalue weighted by Gasteiger charge is -2.41. The van der Waals surface area contributed by atoms with E-state index in [1.54, 1.807) is 19.2 Å². The predicted molar refractivity (Wildman–Crippen MR) is 120 cm³/mol. The van der Waals surface area contributed by atoms with E-state index >= 15 is 0 Å². The van der Waals surface area contributed by atoms with Crippen molar-refractivity contribution < 1.29 is 14.6 Å². The first-order chi connectivity index (χ1) is 15.5. The summed E-state index contributed by atoms with van der Waals surface area (Å²) in [6.07, 6.45) is 2.50. The first-order valence-electron chi connectivity index (χ1n) is 10.7. The lowest BCUT2D eigenvalue weighted by Crippen LogP contribution is -2.61. The largest absolute Gasteiger partial charge is 0.507 e. The summed E-state index contributed by atoms with van der Waals surface area (Å²) in [6, 6.07) is 11.4. The summed E-state index contributed by atoms with van der Waals surface area (Å²) in [5, 5.41) is 23.1. The molecule has 0 aliphatic carbocycles. The first kappa shape index (κ1) is 20.6. The highest BCUT2D eigenvalue weighted by molar-refractivity contribution is 5.73. The number of anilines is 1. The zero-order valence-corrected chi connectivity index (χ0v) is 18.2. The normalized spacial score (nSPS) is 19.6. The van der Waals surface area contributed by atoms with Crippen molar-refractivity contribution in [3.63, 3.8) is 0 Å². The van der Waals surface area contributed by atoms with E-state index in [2.05, 4.69) is 37.3 Å². The summed E-state index contributed by atoms with van der Waals surface area (Å²) in [6.45, 7) is 5.57. The molecule has 1 atom stereocenters. The van der Waals surface area contributed by atoms with Gasteiger partial charge in [-0.3, -0.25) is 0 Å². The van der Waals surface area contributed by atoms with E-state index in [0.717, 1.165) is 44.1 Å². The zero-order valence-electron chi connectivity index (χ0n) is 18.2. The highest BCUT2D eigenvalue weighted by Gasteiger charge is 2.37. The van der Waals surface area contributed by atoms with Crippen molar-refractivity contribution in [2.75, 3.05) is 38.3 Å². The minimum absolute atomic E-state index is 0.0941. The van der Waals surface area contributed by atoms with Crippen LogP contribution in [0.3, 0.4) is 0 Å². The Morgan fingerprint density at radius 1 is 1.12 bits per heavy atom. The number of nitrogens with one attached hydrogen (secondary N) is 1. The van der Waals surface area contributed by atoms with Crippen LogP contribution in [0.4, 0.5) is 5.82 Å². The molecule has 0 bridgehead atoms. The molecule has 166 valence electrons. The Hall–Kier alpha value is -3.30. The Kier molecular flexibility index (Phi) is 5.36. The van der Waals surface area contributed by atoms with Gasteiger partial charge in [0.05, 0.1) is 37.3 Å². The first-order valence-corrected chi connectivity index (χ1v) is 10.7. The van der Waals surface area contributed by atoms with Crippen LogP contribution in [0, 0.1) is 0 Å². The third-order valence-corrected chi connectivity index (χ3v) is 5.98. The molecular formula is C23H26N6O3. The molecule has 2 aromatic heterocycles. The topological polar surface area (TPSA) is 106 Å². The van der Waals surface area contributed by atoms with E-state index < -0.39 is 0 Å². The maximum absolute atomic E-state index is 10.6. The molecule has 0 amide bonds. The summed E-state index contributed by atoms with van der Waals surface area (Å²) < 4.78 is 10.5. The molecule has 0 saturated carbocycles. The van der Waals surface area contributed by atoms with Gasteiger partial charge < -0.3 is 24.8 Å². The van der Waals surface area contributed by atoms with Gasteiger partial charge in [-0.1, -0.05) is 6.07 Å². The third-order valence-electron chi connectivity index (χ3n) is 5.98. The Morgan fingerprint density at radius 3 is 2.69 bits per heavy atom. The lowest BCUT2D eigenvalue weighted by atomic mass is 9.99. The maximum Gasteiger partial charge on any atom is 0.216 e. The molecule has 32 heavy (non-hydrogen) atoms. The quantitative estimate of drug-likeness (QED) is 0.604. The second-order valence-corrected chi connectivity index (χ2v) is 8.58. The monoisotopic (exact) mass is 434 g/mol. The summed E-state index contributed by atoms with van der Waals surface area (Å²) >= 11 is 0. The second kappa shape index (κ2) is 8.33. The summed E-state index contributed by atoms with van der Waals surface area (Å²) in [4.78, 5) is 10.5. The van der Waals surface area contributed by atoms with E-state index in [1.807, 2.05) is 24.3 Å². The van der Waals surface area contributed by atoms with Gasteiger partial charge in [0.25, 0.3) is 0 Å². The SMILES string of the molecule is COc1cc(-c2ccc(-c3ccc(N4CC[C@@H](NC5(C)COC5)C4)nn3)c(O)c2)ncn1. The molecule has 2 aliphatic heterocycles. The van der Waals surface area contributed by atoms with Gasteiger partial charge in [0, 0.05) is 36.3 Å². The van der Waals surface area contributed by atoms with Crippen molar-refractivity contribution in [1.82, 2.24) is 25.5 Å². The van der Waals surface area contributed by atoms with Gasteiger partial charge in [0.15, 0.2) is 5.82 Å². The summed E-state index contributed by atoms with van der Waals surface area (Å²) in [5.41, 5.74) is 2.76. The zero-order chi connectivity index (χ0) is 22.1. The predicted octanol–water partition coefficient (Wildman–Crippen LogP) is 2.27. The molecule has 9 heteroatoms. The van der Waals surface area contributed by atoms with E-state index in [0.29, 0.717) is 28.9 Å². The number of hydrogen-bond donors (Lipinski definition) is 2. The minimum atomic E-state index is 0.0941. The molecule has 2 fully saturated rings. The van der Waals surface area contributed by atoms with Crippen LogP contribution in [0.25, 0.3) is 22.5 Å². The fourth-order valence-corrected chi connectivity index (χ4v) is 4.22. The molecule has 4 heterocycles. The van der Waals surface area contributed by atoms with E-state index in [9.17, 15) is 5.11 Å². The van der Waals surface area contributed by atoms with Crippen LogP contribution in [0.1, 0.15) is 13.3 Å². The number of hydrogen-bond acceptors (Lipinski definition) is 9. The number of phenolic OH excluding ortho intramolecular Hbond substituents is 1. The van der Waals surface area contributed by atoms with Gasteiger partial charge in [-0.2, -0.15) is 0 Å². The van der Waals surface area contributed by atoms with Crippen molar-refractivity contribution >= 4 is 5.82 Å². The molecular weight excluding hydrogens is 408 g/mol. The minimum Gasteiger partial charge on any atom is -0.507 e. The molecule has 2 saturated heterocycles. The van der Waals surface area contributed by atoms with Gasteiger partial charge in [-0.15, -0.1) is 10.2 Å². The van der Waals surface area contributed by atoms with Crippen LogP contribution in [0.15, 0.2) is 42.7 Å². The number of rotatable bonds is 6. The lowest BCUT2D eigenvalue weighted by molar-refractivity contribution is -0.0682. The van der Waals surface area contributed by atoms with Crippen molar-refractivity contribution in [1.29, 1.82) is 0 Å². The molecule has 9 nitrogen and oxygen atoms in total. The van der Waals surface area contributed by atoms with Crippen molar-refractivity contribution in [2.24, 2.45) is 0 Å². The molecule has 1 aromatic carbocycles. The van der Waals surface area contributed by atoms with Gasteiger partial charge >= 0.3 is 0 Å². The van der Waals surface area contributed by atoms with Gasteiger partial charge in [0.2, 0.25) is 5.88 Å². The number of aromatic hydroxyl groups is 1. The average Bonchev–Trinajstić information content (AvgIpc) is 3.26. The van der Waals surface area contributed by atoms with Crippen LogP contribution in [0.5, 0.6) is 11.6 Å². The maximum atomic E-state index is 10.6. The van der Waals surface area contributed by atoms with Crippen LogP contribution in [0.2, 0.25) is 0 Å². The standard InChI is InChI=1S/C23H26N6O3/c1-23(12-32-13-23)26-16-7-8-29(11-16)21-6-5-18(27-28-21)17-4-3-15(9-20(17)30)19-10-22(31-2)25-14-24-19/h3-6,9-10,14,16,26,30H,7-8,11-13H2,1-2H3/t16-/m1/s1. The Morgan fingerprint density at radius 2 is 2.00 bits per heavy atom. The van der Waals surface area contributed by atoms with Gasteiger partial charge in [-0.25, -0.2) is 9.97 Å². The number of phenols is 1. The third kappa shape index (κ3) is 4.09. The number of ether oxygens (including phenoxy) is 2. The van der Waals surface area contributed by atoms with E-state index in [4.69, 9.17) is 9.47 Å². The summed E-state index contributed by atoms with van der Waals surface area (Å²) in [7, 11) is 1.55. The average molecular weight is 435 g/mol. The highest BCUT2D eigenvalue weighted by Crippen LogP contribution is 2.33. The Balaban J connectivity index is 1.29. The smallest absolute Gasteiger partial charge is 0.216 e. The molecule has 5 rings (SSSR count). The second-order valence-electron chi connectivity index (χ2n) is 8.58. The number of aromatic nitrogens is 4. The van der Waals surface area contributed by atoms with E-state index in [-0.39, 0.29) is 11.3 Å². The molecule has 3 aromatic rings. The van der Waals surface area contributed by atoms with Crippen LogP contribution >= 0.6 is 0 Å². The van der Waals surface area contributed by atoms with Gasteiger partial charge in [0.1, 0.15) is 12.1 Å². The number of benzene rings is 1. The molecule has 2 N–H and O–H groups in total. The van der Waals surface area contributed by atoms with E-state index in [1.165, 1.54) is 6.33 Å². The van der Waals surface area contributed by atoms with Crippen LogP contribution < -0.4 is 15.0 Å². The molecule has 2 aliphatic rings. The molecule has 0 radical (unpaired) electrons. The molecule has 0 spiro atoms. The number of nitrogens with zero attached hydrogens (tertiary/aromatic N) is 5. The van der Waals surface area contributed by atoms with Crippen molar-refractivity contribution in [3.05, 3.63) is 42.7 Å². The van der Waals surface area contributed by atoms with Crippen molar-refractivity contribution in [3.8, 4) is 34.1 Å². The fourth-order valence-electron chi connectivity index (χ4n) is 4.22. The van der Waals surface area contributed by atoms with Crippen LogP contribution in [-0.4, -0.2) is 70.3 Å². The fraction of sp³-hybridized carbons (Fsp3) is 0.391.